The third kappa shape index (κ3) is 1.48. The molecule has 0 saturated heterocycles. The van der Waals surface area contributed by atoms with Crippen LogP contribution >= 0.6 is 11.6 Å². The van der Waals surface area contributed by atoms with Crippen LogP contribution in [-0.4, -0.2) is 31.5 Å². The second-order valence-electron chi connectivity index (χ2n) is 2.55. The van der Waals surface area contributed by atoms with Crippen LogP contribution in [0, 0.1) is 0 Å². The zero-order chi connectivity index (χ0) is 9.42. The Balaban J connectivity index is 2.81. The number of hydrogen-bond acceptors (Lipinski definition) is 1. The third-order valence-corrected chi connectivity index (χ3v) is 5.78. The molecule has 1 aromatic carbocycles. The summed E-state index contributed by atoms with van der Waals surface area (Å²) < 4.78 is 1.54. The van der Waals surface area contributed by atoms with E-state index in [1.165, 1.54) is 0 Å². The van der Waals surface area contributed by atoms with Gasteiger partial charge in [-0.3, -0.25) is 0 Å². The van der Waals surface area contributed by atoms with Crippen LogP contribution in [0.4, 0.5) is 0 Å². The van der Waals surface area contributed by atoms with Crippen molar-refractivity contribution >= 4 is 46.8 Å². The Morgan fingerprint density at radius 3 is 2.69 bits per heavy atom. The Bertz CT molecular complexity index is 475. The number of benzene rings is 1. The van der Waals surface area contributed by atoms with Crippen molar-refractivity contribution in [2.75, 3.05) is 0 Å². The molecule has 1 heterocycles. The molecule has 2 aromatic rings. The molecule has 0 atom stereocenters. The monoisotopic (exact) mass is 310 g/mol. The van der Waals surface area contributed by atoms with Crippen molar-refractivity contribution in [2.24, 2.45) is 0 Å². The number of hydrogen-bond donors (Lipinski definition) is 1. The van der Waals surface area contributed by atoms with Crippen LogP contribution in [0.15, 0.2) is 24.3 Å². The summed E-state index contributed by atoms with van der Waals surface area (Å²) in [6.45, 7) is 0. The van der Waals surface area contributed by atoms with Crippen molar-refractivity contribution in [3.8, 4) is 0 Å². The maximum absolute atomic E-state index is 10.8. The first-order valence-electron chi connectivity index (χ1n) is 3.60. The zero-order valence-electron chi connectivity index (χ0n) is 6.45. The molecule has 0 unspecified atom stereocenters. The summed E-state index contributed by atoms with van der Waals surface area (Å²) in [5, 5.41) is 10.2. The number of carboxylic acid groups (broad SMARTS) is 1. The summed E-state index contributed by atoms with van der Waals surface area (Å²) in [5.74, 6) is -0.872. The summed E-state index contributed by atoms with van der Waals surface area (Å²) in [6, 6.07) is 7.62. The van der Waals surface area contributed by atoms with Gasteiger partial charge in [0.05, 0.1) is 0 Å². The molecule has 0 aliphatic heterocycles. The van der Waals surface area contributed by atoms with Gasteiger partial charge in [-0.2, -0.15) is 0 Å². The van der Waals surface area contributed by atoms with Crippen LogP contribution < -0.4 is 0 Å². The van der Waals surface area contributed by atoms with E-state index in [0.29, 0.717) is 8.60 Å². The van der Waals surface area contributed by atoms with Gasteiger partial charge in [0.15, 0.2) is 0 Å². The molecule has 0 radical (unpaired) electrons. The summed E-state index contributed by atoms with van der Waals surface area (Å²) in [4.78, 5) is 10.8. The molecule has 1 aromatic heterocycles. The first kappa shape index (κ1) is 9.08. The number of aromatic carboxylic acids is 1. The second kappa shape index (κ2) is 3.34. The number of rotatable bonds is 1. The summed E-state index contributed by atoms with van der Waals surface area (Å²) in [5.41, 5.74) is 0. The Labute approximate surface area is 89.4 Å². The van der Waals surface area contributed by atoms with Crippen molar-refractivity contribution in [1.82, 2.24) is 0 Å². The molecule has 0 spiro atoms. The van der Waals surface area contributed by atoms with E-state index in [0.717, 1.165) is 8.79 Å². The van der Waals surface area contributed by atoms with Crippen molar-refractivity contribution in [3.63, 3.8) is 0 Å². The van der Waals surface area contributed by atoms with E-state index in [1.54, 1.807) is 0 Å². The van der Waals surface area contributed by atoms with Crippen LogP contribution in [0.25, 0.3) is 8.79 Å². The summed E-state index contributed by atoms with van der Waals surface area (Å²) >= 11 is 5.18. The fourth-order valence-corrected chi connectivity index (χ4v) is 4.50. The number of carboxylic acids is 1. The molecule has 2 nitrogen and oxygen atoms in total. The van der Waals surface area contributed by atoms with E-state index >= 15 is 0 Å². The molecule has 13 heavy (non-hydrogen) atoms. The molecule has 0 saturated carbocycles. The fourth-order valence-electron chi connectivity index (χ4n) is 1.15. The normalized spacial score (nSPS) is 10.5. The van der Waals surface area contributed by atoms with Crippen LogP contribution in [0.2, 0.25) is 5.02 Å². The predicted octanol–water partition coefficient (Wildman–Crippen LogP) is 2.25. The maximum atomic E-state index is 10.8. The number of carbonyl (C=O) groups is 1. The van der Waals surface area contributed by atoms with Crippen LogP contribution in [0.5, 0.6) is 0 Å². The van der Waals surface area contributed by atoms with E-state index in [1.807, 2.05) is 24.3 Å². The van der Waals surface area contributed by atoms with E-state index in [-0.39, 0.29) is 0 Å². The first-order valence-corrected chi connectivity index (χ1v) is 6.31. The van der Waals surface area contributed by atoms with Crippen LogP contribution in [-0.2, 0) is 0 Å². The number of fused-ring (bicyclic) bond motifs is 1. The fraction of sp³-hybridized carbons (Fsp3) is 0. The third-order valence-electron chi connectivity index (χ3n) is 1.73. The van der Waals surface area contributed by atoms with Gasteiger partial charge in [-0.25, -0.2) is 0 Å². The van der Waals surface area contributed by atoms with Gasteiger partial charge in [0, 0.05) is 0 Å². The van der Waals surface area contributed by atoms with E-state index in [4.69, 9.17) is 16.7 Å². The van der Waals surface area contributed by atoms with E-state index < -0.39 is 26.4 Å². The van der Waals surface area contributed by atoms with Gasteiger partial charge in [-0.15, -0.1) is 0 Å². The quantitative estimate of drug-likeness (QED) is 0.821. The van der Waals surface area contributed by atoms with Crippen LogP contribution in [0.3, 0.4) is 0 Å². The summed E-state index contributed by atoms with van der Waals surface area (Å²) in [7, 11) is 0. The molecule has 1 N–H and O–H groups in total. The Morgan fingerprint density at radius 1 is 1.38 bits per heavy atom. The SMILES string of the molecule is O=C(O)c1[te]c2ccccc2c1Cl. The number of halogens is 1. The van der Waals surface area contributed by atoms with Crippen molar-refractivity contribution < 1.29 is 9.90 Å². The molecule has 66 valence electrons. The molecule has 0 aliphatic carbocycles. The molecular formula is C9H5ClO2Te. The molecule has 4 heteroatoms. The zero-order valence-corrected chi connectivity index (χ0v) is 9.54. The Kier molecular flexibility index (Phi) is 2.33. The Morgan fingerprint density at radius 2 is 2.08 bits per heavy atom. The summed E-state index contributed by atoms with van der Waals surface area (Å²) in [6.07, 6.45) is 0. The topological polar surface area (TPSA) is 37.3 Å². The minimum absolute atomic E-state index is 0.424. The van der Waals surface area contributed by atoms with E-state index in [9.17, 15) is 4.79 Å². The average Bonchev–Trinajstić information content (AvgIpc) is 2.45. The van der Waals surface area contributed by atoms with Gasteiger partial charge in [-0.1, -0.05) is 0 Å². The van der Waals surface area contributed by atoms with Gasteiger partial charge in [0.2, 0.25) is 0 Å². The van der Waals surface area contributed by atoms with Gasteiger partial charge >= 0.3 is 89.6 Å². The van der Waals surface area contributed by atoms with E-state index in [2.05, 4.69) is 0 Å². The van der Waals surface area contributed by atoms with Gasteiger partial charge < -0.3 is 0 Å². The minimum atomic E-state index is -0.872. The predicted molar refractivity (Wildman–Crippen MR) is 52.9 cm³/mol. The molecule has 2 rings (SSSR count). The molecule has 0 bridgehead atoms. The first-order chi connectivity index (χ1) is 6.20. The second-order valence-corrected chi connectivity index (χ2v) is 5.93. The van der Waals surface area contributed by atoms with Crippen molar-refractivity contribution in [1.29, 1.82) is 0 Å². The van der Waals surface area contributed by atoms with Crippen molar-refractivity contribution in [2.45, 2.75) is 0 Å². The van der Waals surface area contributed by atoms with Gasteiger partial charge in [0.25, 0.3) is 0 Å². The van der Waals surface area contributed by atoms with Gasteiger partial charge in [0.1, 0.15) is 0 Å². The Hall–Kier alpha value is -0.490. The molecule has 0 amide bonds. The standard InChI is InChI=1S/C9H5ClO2Te/c10-7-5-3-1-2-4-6(5)13-8(7)9(11)12/h1-4H,(H,11,12). The average molecular weight is 308 g/mol. The van der Waals surface area contributed by atoms with Crippen molar-refractivity contribution in [3.05, 3.63) is 32.9 Å². The van der Waals surface area contributed by atoms with Gasteiger partial charge in [-0.05, 0) is 0 Å². The molecule has 0 fully saturated rings. The molecule has 0 aliphatic rings. The molecular weight excluding hydrogens is 303 g/mol. The van der Waals surface area contributed by atoms with Crippen LogP contribution in [0.1, 0.15) is 8.37 Å².